The molecule has 0 N–H and O–H groups in total. The zero-order valence-electron chi connectivity index (χ0n) is 11.9. The molecule has 7 nitrogen and oxygen atoms in total. The summed E-state index contributed by atoms with van der Waals surface area (Å²) in [5.41, 5.74) is 0.858. The Labute approximate surface area is 131 Å². The van der Waals surface area contributed by atoms with Crippen LogP contribution in [0.5, 0.6) is 0 Å². The van der Waals surface area contributed by atoms with Gasteiger partial charge in [-0.25, -0.2) is 0 Å². The van der Waals surface area contributed by atoms with Gasteiger partial charge in [-0.2, -0.15) is 5.26 Å². The number of non-ortho nitro benzene ring substituents is 2. The first-order valence-electron chi connectivity index (χ1n) is 6.88. The van der Waals surface area contributed by atoms with Crippen molar-refractivity contribution < 1.29 is 9.85 Å². The lowest BCUT2D eigenvalue weighted by Crippen LogP contribution is -2.06. The Balaban J connectivity index is 1.88. The van der Waals surface area contributed by atoms with Crippen LogP contribution in [0.1, 0.15) is 23.5 Å². The molecule has 114 valence electrons. The highest BCUT2D eigenvalue weighted by Crippen LogP contribution is 2.60. The van der Waals surface area contributed by atoms with Gasteiger partial charge in [-0.15, -0.1) is 0 Å². The summed E-state index contributed by atoms with van der Waals surface area (Å²) in [5.74, 6) is -0.0604. The van der Waals surface area contributed by atoms with Gasteiger partial charge in [0, 0.05) is 30.2 Å². The molecule has 23 heavy (non-hydrogen) atoms. The molecule has 0 saturated heterocycles. The molecule has 2 unspecified atom stereocenters. The van der Waals surface area contributed by atoms with Crippen LogP contribution in [0.25, 0.3) is 0 Å². The minimum absolute atomic E-state index is 0.00675. The van der Waals surface area contributed by atoms with Crippen LogP contribution in [0.15, 0.2) is 48.5 Å². The topological polar surface area (TPSA) is 110 Å². The SMILES string of the molecule is N#CC1(c2ccc([N+](=O)[O-])cc2)CC1c1ccc([N+](=O)[O-])cc1. The van der Waals surface area contributed by atoms with Crippen LogP contribution in [0.4, 0.5) is 11.4 Å². The molecule has 1 fully saturated rings. The van der Waals surface area contributed by atoms with Gasteiger partial charge in [0.25, 0.3) is 11.4 Å². The fourth-order valence-corrected chi connectivity index (χ4v) is 2.88. The van der Waals surface area contributed by atoms with Gasteiger partial charge in [-0.1, -0.05) is 24.3 Å². The molecule has 7 heteroatoms. The highest BCUT2D eigenvalue weighted by molar-refractivity contribution is 5.52. The van der Waals surface area contributed by atoms with Crippen LogP contribution in [0, 0.1) is 31.6 Å². The third-order valence-electron chi connectivity index (χ3n) is 4.26. The molecule has 1 saturated carbocycles. The van der Waals surface area contributed by atoms with Crippen molar-refractivity contribution in [2.24, 2.45) is 0 Å². The molecule has 2 atom stereocenters. The number of hydrogen-bond donors (Lipinski definition) is 0. The Kier molecular flexibility index (Phi) is 3.30. The van der Waals surface area contributed by atoms with E-state index in [0.29, 0.717) is 6.42 Å². The number of hydrogen-bond acceptors (Lipinski definition) is 5. The van der Waals surface area contributed by atoms with Gasteiger partial charge in [0.15, 0.2) is 0 Å². The summed E-state index contributed by atoms with van der Waals surface area (Å²) in [6, 6.07) is 14.4. The van der Waals surface area contributed by atoms with E-state index in [0.717, 1.165) is 11.1 Å². The van der Waals surface area contributed by atoms with E-state index in [9.17, 15) is 25.5 Å². The van der Waals surface area contributed by atoms with Crippen LogP contribution < -0.4 is 0 Å². The Morgan fingerprint density at radius 3 is 1.87 bits per heavy atom. The molecule has 0 heterocycles. The Morgan fingerprint density at radius 2 is 1.43 bits per heavy atom. The van der Waals surface area contributed by atoms with Crippen molar-refractivity contribution in [3.8, 4) is 6.07 Å². The minimum atomic E-state index is -0.717. The predicted molar refractivity (Wildman–Crippen MR) is 80.8 cm³/mol. The van der Waals surface area contributed by atoms with Gasteiger partial charge in [0.05, 0.1) is 21.3 Å². The number of nitro benzene ring substituents is 2. The zero-order valence-corrected chi connectivity index (χ0v) is 11.9. The molecule has 1 aliphatic rings. The normalized spacial score (nSPS) is 22.1. The van der Waals surface area contributed by atoms with Crippen molar-refractivity contribution in [1.82, 2.24) is 0 Å². The van der Waals surface area contributed by atoms with E-state index in [1.54, 1.807) is 24.3 Å². The second kappa shape index (κ2) is 5.18. The van der Waals surface area contributed by atoms with Crippen molar-refractivity contribution in [2.45, 2.75) is 17.8 Å². The van der Waals surface area contributed by atoms with Crippen molar-refractivity contribution in [3.05, 3.63) is 79.9 Å². The highest BCUT2D eigenvalue weighted by atomic mass is 16.6. The van der Waals surface area contributed by atoms with E-state index in [1.807, 2.05) is 0 Å². The fraction of sp³-hybridized carbons (Fsp3) is 0.188. The van der Waals surface area contributed by atoms with E-state index in [4.69, 9.17) is 0 Å². The molecule has 2 aromatic rings. The van der Waals surface area contributed by atoms with Crippen LogP contribution in [0.3, 0.4) is 0 Å². The summed E-state index contributed by atoms with van der Waals surface area (Å²) < 4.78 is 0. The fourth-order valence-electron chi connectivity index (χ4n) is 2.88. The largest absolute Gasteiger partial charge is 0.269 e. The number of benzene rings is 2. The van der Waals surface area contributed by atoms with Gasteiger partial charge in [0.1, 0.15) is 0 Å². The van der Waals surface area contributed by atoms with Gasteiger partial charge < -0.3 is 0 Å². The molecule has 0 bridgehead atoms. The summed E-state index contributed by atoms with van der Waals surface area (Å²) in [4.78, 5) is 20.4. The first-order chi connectivity index (χ1) is 11.0. The van der Waals surface area contributed by atoms with Gasteiger partial charge >= 0.3 is 0 Å². The maximum absolute atomic E-state index is 10.7. The van der Waals surface area contributed by atoms with Gasteiger partial charge in [0.2, 0.25) is 0 Å². The Morgan fingerprint density at radius 1 is 0.957 bits per heavy atom. The monoisotopic (exact) mass is 309 g/mol. The van der Waals surface area contributed by atoms with Crippen LogP contribution >= 0.6 is 0 Å². The molecule has 2 aromatic carbocycles. The van der Waals surface area contributed by atoms with Crippen molar-refractivity contribution >= 4 is 11.4 Å². The summed E-state index contributed by atoms with van der Waals surface area (Å²) in [7, 11) is 0. The minimum Gasteiger partial charge on any atom is -0.258 e. The molecule has 0 aromatic heterocycles. The maximum atomic E-state index is 10.7. The molecular formula is C16H11N3O4. The van der Waals surface area contributed by atoms with Crippen molar-refractivity contribution in [3.63, 3.8) is 0 Å². The van der Waals surface area contributed by atoms with E-state index in [2.05, 4.69) is 6.07 Å². The predicted octanol–water partition coefficient (Wildman–Crippen LogP) is 3.45. The number of nitrogens with zero attached hydrogens (tertiary/aromatic N) is 3. The molecular weight excluding hydrogens is 298 g/mol. The summed E-state index contributed by atoms with van der Waals surface area (Å²) in [5, 5.41) is 31.0. The zero-order chi connectivity index (χ0) is 16.6. The Bertz CT molecular complexity index is 824. The first-order valence-corrected chi connectivity index (χ1v) is 6.88. The lowest BCUT2D eigenvalue weighted by molar-refractivity contribution is -0.385. The standard InChI is InChI=1S/C16H11N3O4/c17-10-16(12-3-7-14(8-4-12)19(22)23)9-15(16)11-1-5-13(6-2-11)18(20)21/h1-8,15H,9H2. The van der Waals surface area contributed by atoms with Crippen LogP contribution in [-0.2, 0) is 5.41 Å². The first kappa shape index (κ1) is 14.7. The summed E-state index contributed by atoms with van der Waals surface area (Å²) in [6.45, 7) is 0. The highest BCUT2D eigenvalue weighted by Gasteiger charge is 2.57. The second-order valence-electron chi connectivity index (χ2n) is 5.49. The third-order valence-corrected chi connectivity index (χ3v) is 4.26. The smallest absolute Gasteiger partial charge is 0.258 e. The van der Waals surface area contributed by atoms with E-state index in [1.165, 1.54) is 24.3 Å². The Hall–Kier alpha value is -3.27. The van der Waals surface area contributed by atoms with Gasteiger partial charge in [-0.3, -0.25) is 20.2 Å². The molecule has 1 aliphatic carbocycles. The lowest BCUT2D eigenvalue weighted by Gasteiger charge is -2.09. The molecule has 0 radical (unpaired) electrons. The van der Waals surface area contributed by atoms with Crippen molar-refractivity contribution in [2.75, 3.05) is 0 Å². The quantitative estimate of drug-likeness (QED) is 0.634. The third kappa shape index (κ3) is 2.40. The number of nitro groups is 2. The van der Waals surface area contributed by atoms with Crippen LogP contribution in [0.2, 0.25) is 0 Å². The van der Waals surface area contributed by atoms with E-state index in [-0.39, 0.29) is 17.3 Å². The number of nitriles is 1. The lowest BCUT2D eigenvalue weighted by atomic mass is 9.92. The van der Waals surface area contributed by atoms with E-state index < -0.39 is 15.3 Å². The summed E-state index contributed by atoms with van der Waals surface area (Å²) in [6.07, 6.45) is 0.596. The maximum Gasteiger partial charge on any atom is 0.269 e. The summed E-state index contributed by atoms with van der Waals surface area (Å²) >= 11 is 0. The molecule has 3 rings (SSSR count). The average molecular weight is 309 g/mol. The van der Waals surface area contributed by atoms with E-state index >= 15 is 0 Å². The molecule has 0 amide bonds. The number of rotatable bonds is 4. The van der Waals surface area contributed by atoms with Crippen LogP contribution in [-0.4, -0.2) is 9.85 Å². The van der Waals surface area contributed by atoms with Gasteiger partial charge in [-0.05, 0) is 17.5 Å². The molecule has 0 spiro atoms. The molecule has 0 aliphatic heterocycles. The second-order valence-corrected chi connectivity index (χ2v) is 5.49. The average Bonchev–Trinajstić information content (AvgIpc) is 3.31. The van der Waals surface area contributed by atoms with Crippen molar-refractivity contribution in [1.29, 1.82) is 5.26 Å².